The number of hydrogen-bond acceptors (Lipinski definition) is 2. The molecule has 1 atom stereocenters. The first-order valence-corrected chi connectivity index (χ1v) is 9.09. The molecule has 2 N–H and O–H groups in total. The Morgan fingerprint density at radius 3 is 2.46 bits per heavy atom. The highest BCUT2D eigenvalue weighted by Gasteiger charge is 2.35. The summed E-state index contributed by atoms with van der Waals surface area (Å²) in [6.07, 6.45) is 2.09. The largest absolute Gasteiger partial charge is 0.381 e. The number of benzene rings is 1. The number of guanidine groups is 1. The van der Waals surface area contributed by atoms with Crippen LogP contribution in [0.4, 0.5) is 0 Å². The van der Waals surface area contributed by atoms with E-state index in [-0.39, 0.29) is 5.41 Å². The zero-order valence-electron chi connectivity index (χ0n) is 15.9. The fourth-order valence-electron chi connectivity index (χ4n) is 3.30. The third-order valence-electron chi connectivity index (χ3n) is 5.35. The fraction of sp³-hybridized carbons (Fsp3) is 0.650. The first-order valence-electron chi connectivity index (χ1n) is 9.09. The third kappa shape index (κ3) is 4.50. The van der Waals surface area contributed by atoms with Gasteiger partial charge in [0.2, 0.25) is 0 Å². The predicted octanol–water partition coefficient (Wildman–Crippen LogP) is 3.25. The molecule has 1 fully saturated rings. The molecule has 24 heavy (non-hydrogen) atoms. The zero-order valence-corrected chi connectivity index (χ0v) is 15.9. The van der Waals surface area contributed by atoms with Crippen molar-refractivity contribution in [2.24, 2.45) is 10.9 Å². The standard InChI is InChI=1S/C20H33N3O/c1-15(2)17(4)23-19(21-5)22-14-20(10-12-24-13-11-20)18-9-7-6-8-16(18)3/h6-9,15,17H,10-14H2,1-5H3,(H2,21,22,23). The monoisotopic (exact) mass is 331 g/mol. The van der Waals surface area contributed by atoms with Crippen LogP contribution < -0.4 is 10.6 Å². The first-order chi connectivity index (χ1) is 11.5. The van der Waals surface area contributed by atoms with Crippen LogP contribution >= 0.6 is 0 Å². The first kappa shape index (κ1) is 18.8. The van der Waals surface area contributed by atoms with E-state index >= 15 is 0 Å². The van der Waals surface area contributed by atoms with Gasteiger partial charge in [0.15, 0.2) is 5.96 Å². The van der Waals surface area contributed by atoms with E-state index < -0.39 is 0 Å². The number of hydrogen-bond donors (Lipinski definition) is 2. The quantitative estimate of drug-likeness (QED) is 0.643. The topological polar surface area (TPSA) is 45.7 Å². The number of aliphatic imine (C=N–C) groups is 1. The van der Waals surface area contributed by atoms with Gasteiger partial charge in [-0.25, -0.2) is 0 Å². The zero-order chi connectivity index (χ0) is 17.6. The molecule has 0 amide bonds. The van der Waals surface area contributed by atoms with Gasteiger partial charge in [0.05, 0.1) is 0 Å². The maximum Gasteiger partial charge on any atom is 0.191 e. The number of ether oxygens (including phenoxy) is 1. The van der Waals surface area contributed by atoms with E-state index in [9.17, 15) is 0 Å². The SMILES string of the molecule is CN=C(NCC1(c2ccccc2C)CCOCC1)NC(C)C(C)C. The summed E-state index contributed by atoms with van der Waals surface area (Å²) in [6, 6.07) is 9.13. The minimum Gasteiger partial charge on any atom is -0.381 e. The summed E-state index contributed by atoms with van der Waals surface area (Å²) < 4.78 is 5.64. The molecule has 1 aromatic carbocycles. The van der Waals surface area contributed by atoms with Crippen molar-refractivity contribution in [1.82, 2.24) is 10.6 Å². The summed E-state index contributed by atoms with van der Waals surface area (Å²) in [7, 11) is 1.84. The molecule has 0 saturated carbocycles. The summed E-state index contributed by atoms with van der Waals surface area (Å²) in [5, 5.41) is 7.07. The Balaban J connectivity index is 2.14. The van der Waals surface area contributed by atoms with E-state index in [0.29, 0.717) is 12.0 Å². The van der Waals surface area contributed by atoms with Gasteiger partial charge in [0.25, 0.3) is 0 Å². The van der Waals surface area contributed by atoms with Crippen molar-refractivity contribution in [2.45, 2.75) is 52.0 Å². The van der Waals surface area contributed by atoms with Gasteiger partial charge in [-0.15, -0.1) is 0 Å². The Hall–Kier alpha value is -1.55. The summed E-state index contributed by atoms with van der Waals surface area (Å²) >= 11 is 0. The van der Waals surface area contributed by atoms with Crippen molar-refractivity contribution in [3.8, 4) is 0 Å². The van der Waals surface area contributed by atoms with E-state index in [0.717, 1.165) is 38.6 Å². The molecule has 0 aliphatic carbocycles. The molecule has 1 heterocycles. The Labute approximate surface area is 147 Å². The average Bonchev–Trinajstić information content (AvgIpc) is 2.59. The number of nitrogens with one attached hydrogen (secondary N) is 2. The highest BCUT2D eigenvalue weighted by molar-refractivity contribution is 5.80. The summed E-state index contributed by atoms with van der Waals surface area (Å²) in [6.45, 7) is 11.4. The van der Waals surface area contributed by atoms with E-state index in [2.05, 4.69) is 67.6 Å². The molecule has 1 aliphatic heterocycles. The molecular weight excluding hydrogens is 298 g/mol. The van der Waals surface area contributed by atoms with E-state index in [1.165, 1.54) is 11.1 Å². The lowest BCUT2D eigenvalue weighted by atomic mass is 9.72. The number of nitrogens with zero attached hydrogens (tertiary/aromatic N) is 1. The Bertz CT molecular complexity index is 548. The molecular formula is C20H33N3O. The van der Waals surface area contributed by atoms with Gasteiger partial charge in [0.1, 0.15) is 0 Å². The van der Waals surface area contributed by atoms with E-state index in [1.807, 2.05) is 7.05 Å². The smallest absolute Gasteiger partial charge is 0.191 e. The van der Waals surface area contributed by atoms with Crippen molar-refractivity contribution in [1.29, 1.82) is 0 Å². The second-order valence-corrected chi connectivity index (χ2v) is 7.31. The summed E-state index contributed by atoms with van der Waals surface area (Å²) in [5.74, 6) is 1.45. The maximum absolute atomic E-state index is 5.64. The molecule has 1 saturated heterocycles. The minimum absolute atomic E-state index is 0.113. The van der Waals surface area contributed by atoms with Gasteiger partial charge in [-0.1, -0.05) is 38.1 Å². The number of rotatable bonds is 5. The molecule has 2 rings (SSSR count). The third-order valence-corrected chi connectivity index (χ3v) is 5.35. The Morgan fingerprint density at radius 1 is 1.21 bits per heavy atom. The molecule has 4 nitrogen and oxygen atoms in total. The van der Waals surface area contributed by atoms with Crippen LogP contribution in [0, 0.1) is 12.8 Å². The second kappa shape index (κ2) is 8.52. The number of aryl methyl sites for hydroxylation is 1. The molecule has 0 bridgehead atoms. The van der Waals surface area contributed by atoms with Crippen LogP contribution in [0.2, 0.25) is 0 Å². The molecule has 0 spiro atoms. The van der Waals surface area contributed by atoms with Crippen molar-refractivity contribution in [3.05, 3.63) is 35.4 Å². The van der Waals surface area contributed by atoms with Gasteiger partial charge in [-0.3, -0.25) is 4.99 Å². The van der Waals surface area contributed by atoms with Crippen molar-refractivity contribution < 1.29 is 4.74 Å². The lowest BCUT2D eigenvalue weighted by molar-refractivity contribution is 0.0511. The van der Waals surface area contributed by atoms with Gasteiger partial charge in [0, 0.05) is 38.3 Å². The van der Waals surface area contributed by atoms with Crippen LogP contribution in [0.3, 0.4) is 0 Å². The van der Waals surface area contributed by atoms with Crippen LogP contribution in [0.25, 0.3) is 0 Å². The average molecular weight is 332 g/mol. The van der Waals surface area contributed by atoms with Crippen LogP contribution in [-0.2, 0) is 10.2 Å². The lowest BCUT2D eigenvalue weighted by Crippen LogP contribution is -2.50. The summed E-state index contributed by atoms with van der Waals surface area (Å²) in [4.78, 5) is 4.41. The predicted molar refractivity (Wildman–Crippen MR) is 102 cm³/mol. The van der Waals surface area contributed by atoms with Crippen molar-refractivity contribution >= 4 is 5.96 Å². The highest BCUT2D eigenvalue weighted by atomic mass is 16.5. The Kier molecular flexibility index (Phi) is 6.67. The molecule has 1 aliphatic rings. The molecule has 134 valence electrons. The Morgan fingerprint density at radius 2 is 1.88 bits per heavy atom. The highest BCUT2D eigenvalue weighted by Crippen LogP contribution is 2.36. The van der Waals surface area contributed by atoms with Gasteiger partial charge < -0.3 is 15.4 Å². The molecule has 0 aromatic heterocycles. The van der Waals surface area contributed by atoms with E-state index in [1.54, 1.807) is 0 Å². The fourth-order valence-corrected chi connectivity index (χ4v) is 3.30. The molecule has 1 aromatic rings. The van der Waals surface area contributed by atoms with Crippen molar-refractivity contribution in [2.75, 3.05) is 26.8 Å². The van der Waals surface area contributed by atoms with Crippen LogP contribution in [0.15, 0.2) is 29.3 Å². The van der Waals surface area contributed by atoms with Crippen LogP contribution in [-0.4, -0.2) is 38.8 Å². The van der Waals surface area contributed by atoms with E-state index in [4.69, 9.17) is 4.74 Å². The maximum atomic E-state index is 5.64. The summed E-state index contributed by atoms with van der Waals surface area (Å²) in [5.41, 5.74) is 2.91. The molecule has 1 unspecified atom stereocenters. The van der Waals surface area contributed by atoms with Crippen LogP contribution in [0.5, 0.6) is 0 Å². The van der Waals surface area contributed by atoms with Gasteiger partial charge in [-0.05, 0) is 43.7 Å². The van der Waals surface area contributed by atoms with Crippen molar-refractivity contribution in [3.63, 3.8) is 0 Å². The lowest BCUT2D eigenvalue weighted by Gasteiger charge is -2.39. The van der Waals surface area contributed by atoms with Gasteiger partial charge in [-0.2, -0.15) is 0 Å². The van der Waals surface area contributed by atoms with Gasteiger partial charge >= 0.3 is 0 Å². The van der Waals surface area contributed by atoms with Crippen LogP contribution in [0.1, 0.15) is 44.7 Å². The molecule has 0 radical (unpaired) electrons. The minimum atomic E-state index is 0.113. The normalized spacial score (nSPS) is 19.2. The molecule has 4 heteroatoms. The second-order valence-electron chi connectivity index (χ2n) is 7.31.